The van der Waals surface area contributed by atoms with E-state index in [0.717, 1.165) is 9.21 Å². The molecule has 1 heterocycles. The van der Waals surface area contributed by atoms with E-state index >= 15 is 0 Å². The van der Waals surface area contributed by atoms with Gasteiger partial charge in [0.05, 0.1) is 24.0 Å². The van der Waals surface area contributed by atoms with Crippen molar-refractivity contribution >= 4 is 28.9 Å². The number of likely N-dealkylation sites (N-methyl/N-ethyl adjacent to an activating group) is 1. The van der Waals surface area contributed by atoms with Gasteiger partial charge in [0.25, 0.3) is 0 Å². The number of nitrogens with one attached hydrogen (secondary N) is 1. The van der Waals surface area contributed by atoms with Gasteiger partial charge in [-0.05, 0) is 26.1 Å². The van der Waals surface area contributed by atoms with Crippen LogP contribution in [0.2, 0.25) is 4.34 Å². The number of thiophene rings is 1. The fourth-order valence-electron chi connectivity index (χ4n) is 1.93. The van der Waals surface area contributed by atoms with Crippen LogP contribution in [0.25, 0.3) is 0 Å². The molecule has 0 aliphatic rings. The topological polar surface area (TPSA) is 30.9 Å². The van der Waals surface area contributed by atoms with E-state index in [9.17, 15) is 13.2 Å². The number of guanidine groups is 1. The van der Waals surface area contributed by atoms with Gasteiger partial charge in [-0.15, -0.1) is 11.3 Å². The van der Waals surface area contributed by atoms with Gasteiger partial charge < -0.3 is 10.2 Å². The Labute approximate surface area is 143 Å². The summed E-state index contributed by atoms with van der Waals surface area (Å²) in [6.07, 6.45) is -4.18. The van der Waals surface area contributed by atoms with Crippen molar-refractivity contribution in [2.45, 2.75) is 19.6 Å². The number of halogens is 4. The summed E-state index contributed by atoms with van der Waals surface area (Å²) in [4.78, 5) is 8.62. The van der Waals surface area contributed by atoms with Crippen molar-refractivity contribution in [2.75, 3.05) is 40.3 Å². The third kappa shape index (κ3) is 8.43. The molecule has 1 rings (SSSR count). The molecule has 0 aromatic carbocycles. The fraction of sp³-hybridized carbons (Fsp3) is 0.643. The normalized spacial score (nSPS) is 12.8. The molecule has 0 atom stereocenters. The van der Waals surface area contributed by atoms with Crippen molar-refractivity contribution in [3.05, 3.63) is 21.3 Å². The lowest BCUT2D eigenvalue weighted by atomic mass is 10.4. The van der Waals surface area contributed by atoms with Gasteiger partial charge in [0.2, 0.25) is 0 Å². The number of alkyl halides is 3. The quantitative estimate of drug-likeness (QED) is 0.590. The number of aliphatic imine (C=N–C) groups is 1. The molecule has 0 amide bonds. The van der Waals surface area contributed by atoms with Gasteiger partial charge in [-0.2, -0.15) is 13.2 Å². The van der Waals surface area contributed by atoms with Crippen LogP contribution in [0.5, 0.6) is 0 Å². The molecule has 9 heteroatoms. The molecular formula is C14H22ClF3N4S. The van der Waals surface area contributed by atoms with Crippen LogP contribution in [0, 0.1) is 0 Å². The van der Waals surface area contributed by atoms with Crippen LogP contribution < -0.4 is 5.32 Å². The van der Waals surface area contributed by atoms with Crippen molar-refractivity contribution in [1.82, 2.24) is 15.1 Å². The summed E-state index contributed by atoms with van der Waals surface area (Å²) in [5, 5.41) is 3.14. The molecule has 0 spiro atoms. The molecule has 1 N–H and O–H groups in total. The Balaban J connectivity index is 2.55. The monoisotopic (exact) mass is 370 g/mol. The smallest absolute Gasteiger partial charge is 0.357 e. The van der Waals surface area contributed by atoms with Gasteiger partial charge in [0, 0.05) is 25.0 Å². The number of hydrogen-bond donors (Lipinski definition) is 1. The molecule has 0 aliphatic heterocycles. The van der Waals surface area contributed by atoms with E-state index in [2.05, 4.69) is 10.3 Å². The molecule has 1 aromatic heterocycles. The van der Waals surface area contributed by atoms with Gasteiger partial charge in [-0.3, -0.25) is 9.89 Å². The molecule has 0 radical (unpaired) electrons. The highest BCUT2D eigenvalue weighted by molar-refractivity contribution is 7.16. The molecular weight excluding hydrogens is 349 g/mol. The second-order valence-electron chi connectivity index (χ2n) is 5.15. The summed E-state index contributed by atoms with van der Waals surface area (Å²) < 4.78 is 37.6. The maximum absolute atomic E-state index is 12.3. The number of rotatable bonds is 7. The minimum atomic E-state index is -4.18. The molecule has 0 fully saturated rings. The van der Waals surface area contributed by atoms with Gasteiger partial charge in [-0.1, -0.05) is 11.6 Å². The summed E-state index contributed by atoms with van der Waals surface area (Å²) in [5.74, 6) is 0.664. The zero-order valence-electron chi connectivity index (χ0n) is 13.5. The second-order valence-corrected chi connectivity index (χ2v) is 6.95. The maximum atomic E-state index is 12.3. The average Bonchev–Trinajstić information content (AvgIpc) is 2.81. The first-order chi connectivity index (χ1) is 10.7. The second kappa shape index (κ2) is 9.34. The summed E-state index contributed by atoms with van der Waals surface area (Å²) >= 11 is 7.41. The van der Waals surface area contributed by atoms with Crippen LogP contribution in [0.15, 0.2) is 17.1 Å². The highest BCUT2D eigenvalue weighted by Crippen LogP contribution is 2.22. The molecule has 132 valence electrons. The van der Waals surface area contributed by atoms with Crippen molar-refractivity contribution in [3.8, 4) is 0 Å². The first-order valence-electron chi connectivity index (χ1n) is 7.20. The van der Waals surface area contributed by atoms with Crippen molar-refractivity contribution in [2.24, 2.45) is 4.99 Å². The number of hydrogen-bond acceptors (Lipinski definition) is 3. The summed E-state index contributed by atoms with van der Waals surface area (Å²) in [6.45, 7) is 2.88. The first kappa shape index (κ1) is 20.1. The molecule has 0 saturated carbocycles. The standard InChI is InChI=1S/C14H22ClF3N4S/c1-4-19-13(20-7-8-21(2)10-14(16,17)18)22(3)9-11-5-6-12(15)23-11/h5-6H,4,7-10H2,1-3H3,(H,19,20). The van der Waals surface area contributed by atoms with Gasteiger partial charge in [0.15, 0.2) is 5.96 Å². The largest absolute Gasteiger partial charge is 0.401 e. The van der Waals surface area contributed by atoms with E-state index in [0.29, 0.717) is 25.6 Å². The summed E-state index contributed by atoms with van der Waals surface area (Å²) in [6, 6.07) is 3.79. The van der Waals surface area contributed by atoms with E-state index < -0.39 is 12.7 Å². The third-order valence-corrected chi connectivity index (χ3v) is 4.13. The van der Waals surface area contributed by atoms with Crippen molar-refractivity contribution < 1.29 is 13.2 Å². The Hall–Kier alpha value is -0.990. The van der Waals surface area contributed by atoms with E-state index in [-0.39, 0.29) is 6.54 Å². The van der Waals surface area contributed by atoms with Crippen LogP contribution in [-0.2, 0) is 6.54 Å². The molecule has 4 nitrogen and oxygen atoms in total. The lowest BCUT2D eigenvalue weighted by Gasteiger charge is -2.22. The Bertz CT molecular complexity index is 504. The predicted octanol–water partition coefficient (Wildman–Crippen LogP) is 3.29. The zero-order valence-corrected chi connectivity index (χ0v) is 15.0. The molecule has 0 saturated heterocycles. The lowest BCUT2D eigenvalue weighted by Crippen LogP contribution is -2.39. The Morgan fingerprint density at radius 2 is 2.04 bits per heavy atom. The van der Waals surface area contributed by atoms with Crippen molar-refractivity contribution in [1.29, 1.82) is 0 Å². The highest BCUT2D eigenvalue weighted by atomic mass is 35.5. The van der Waals surface area contributed by atoms with E-state index in [4.69, 9.17) is 11.6 Å². The number of nitrogens with zero attached hydrogens (tertiary/aromatic N) is 3. The molecule has 23 heavy (non-hydrogen) atoms. The third-order valence-electron chi connectivity index (χ3n) is 2.91. The van der Waals surface area contributed by atoms with Crippen LogP contribution in [0.3, 0.4) is 0 Å². The lowest BCUT2D eigenvalue weighted by molar-refractivity contribution is -0.142. The first-order valence-corrected chi connectivity index (χ1v) is 8.39. The molecule has 0 bridgehead atoms. The summed E-state index contributed by atoms with van der Waals surface area (Å²) in [5.41, 5.74) is 0. The van der Waals surface area contributed by atoms with Gasteiger partial charge in [-0.25, -0.2) is 0 Å². The molecule has 0 aliphatic carbocycles. The maximum Gasteiger partial charge on any atom is 0.401 e. The van der Waals surface area contributed by atoms with E-state index in [1.807, 2.05) is 31.0 Å². The van der Waals surface area contributed by atoms with Crippen molar-refractivity contribution in [3.63, 3.8) is 0 Å². The van der Waals surface area contributed by atoms with Crippen LogP contribution in [0.4, 0.5) is 13.2 Å². The summed E-state index contributed by atoms with van der Waals surface area (Å²) in [7, 11) is 3.32. The van der Waals surface area contributed by atoms with Crippen LogP contribution >= 0.6 is 22.9 Å². The minimum absolute atomic E-state index is 0.243. The Morgan fingerprint density at radius 1 is 1.35 bits per heavy atom. The van der Waals surface area contributed by atoms with Crippen LogP contribution in [-0.4, -0.2) is 62.2 Å². The predicted molar refractivity (Wildman–Crippen MR) is 90.3 cm³/mol. The fourth-order valence-corrected chi connectivity index (χ4v) is 3.07. The minimum Gasteiger partial charge on any atom is -0.357 e. The van der Waals surface area contributed by atoms with Gasteiger partial charge >= 0.3 is 6.18 Å². The SMILES string of the molecule is CCNC(=NCCN(C)CC(F)(F)F)N(C)Cc1ccc(Cl)s1. The Morgan fingerprint density at radius 3 is 2.57 bits per heavy atom. The van der Waals surface area contributed by atoms with Gasteiger partial charge in [0.1, 0.15) is 0 Å². The average molecular weight is 371 g/mol. The molecule has 1 aromatic rings. The molecule has 0 unspecified atom stereocenters. The zero-order chi connectivity index (χ0) is 17.5. The highest BCUT2D eigenvalue weighted by Gasteiger charge is 2.28. The van der Waals surface area contributed by atoms with E-state index in [1.165, 1.54) is 23.3 Å². The van der Waals surface area contributed by atoms with E-state index in [1.54, 1.807) is 0 Å². The Kier molecular flexibility index (Phi) is 8.15. The van der Waals surface area contributed by atoms with Crippen LogP contribution in [0.1, 0.15) is 11.8 Å².